The van der Waals surface area contributed by atoms with E-state index < -0.39 is 0 Å². The van der Waals surface area contributed by atoms with Crippen LogP contribution in [0, 0.1) is 5.92 Å². The van der Waals surface area contributed by atoms with Gasteiger partial charge in [-0.05, 0) is 47.4 Å². The largest absolute Gasteiger partial charge is 0.497 e. The molecule has 0 radical (unpaired) electrons. The van der Waals surface area contributed by atoms with Crippen molar-refractivity contribution in [2.24, 2.45) is 5.92 Å². The lowest BCUT2D eigenvalue weighted by molar-refractivity contribution is -0.126. The van der Waals surface area contributed by atoms with Gasteiger partial charge in [0.2, 0.25) is 5.91 Å². The fraction of sp³-hybridized carbons (Fsp3) is 0.421. The normalized spacial score (nSPS) is 15.7. The minimum atomic E-state index is 0.217. The number of carbonyl (C=O) groups excluding carboxylic acids is 1. The topological polar surface area (TPSA) is 38.3 Å². The Hall–Kier alpha value is -2.03. The van der Waals surface area contributed by atoms with Gasteiger partial charge < -0.3 is 10.1 Å². The Morgan fingerprint density at radius 1 is 1.09 bits per heavy atom. The Labute approximate surface area is 131 Å². The average molecular weight is 297 g/mol. The molecule has 3 rings (SSSR count). The van der Waals surface area contributed by atoms with Gasteiger partial charge in [-0.15, -0.1) is 0 Å². The molecule has 0 spiro atoms. The predicted octanol–water partition coefficient (Wildman–Crippen LogP) is 4.04. The molecule has 1 amide bonds. The number of amides is 1. The molecule has 1 aliphatic rings. The molecule has 0 atom stereocenters. The fourth-order valence-electron chi connectivity index (χ4n) is 3.21. The van der Waals surface area contributed by atoms with Gasteiger partial charge in [-0.2, -0.15) is 0 Å². The van der Waals surface area contributed by atoms with E-state index in [0.717, 1.165) is 29.5 Å². The van der Waals surface area contributed by atoms with E-state index in [1.54, 1.807) is 7.11 Å². The van der Waals surface area contributed by atoms with Gasteiger partial charge in [0.15, 0.2) is 0 Å². The Morgan fingerprint density at radius 2 is 1.82 bits per heavy atom. The Bertz CT molecular complexity index is 660. The van der Waals surface area contributed by atoms with Crippen LogP contribution in [0.2, 0.25) is 0 Å². The molecule has 0 saturated heterocycles. The fourth-order valence-corrected chi connectivity index (χ4v) is 3.21. The molecule has 3 heteroatoms. The molecular weight excluding hydrogens is 274 g/mol. The molecule has 2 aromatic rings. The van der Waals surface area contributed by atoms with Crippen LogP contribution in [0.25, 0.3) is 10.8 Å². The lowest BCUT2D eigenvalue weighted by Crippen LogP contribution is -2.31. The summed E-state index contributed by atoms with van der Waals surface area (Å²) in [5.41, 5.74) is 1.14. The Kier molecular flexibility index (Phi) is 4.62. The first-order valence-corrected chi connectivity index (χ1v) is 8.10. The second-order valence-electron chi connectivity index (χ2n) is 6.10. The van der Waals surface area contributed by atoms with Gasteiger partial charge in [-0.1, -0.05) is 37.5 Å². The highest BCUT2D eigenvalue weighted by Gasteiger charge is 2.20. The van der Waals surface area contributed by atoms with Crippen LogP contribution in [-0.4, -0.2) is 13.0 Å². The van der Waals surface area contributed by atoms with E-state index in [2.05, 4.69) is 29.6 Å². The second-order valence-corrected chi connectivity index (χ2v) is 6.10. The molecule has 1 aliphatic carbocycles. The summed E-state index contributed by atoms with van der Waals surface area (Å²) in [5, 5.41) is 5.42. The first kappa shape index (κ1) is 14.9. The van der Waals surface area contributed by atoms with Crippen LogP contribution < -0.4 is 10.1 Å². The summed E-state index contributed by atoms with van der Waals surface area (Å²) in [6.45, 7) is 0.608. The van der Waals surface area contributed by atoms with Crippen LogP contribution in [0.4, 0.5) is 0 Å². The number of hydrogen-bond donors (Lipinski definition) is 1. The van der Waals surface area contributed by atoms with Crippen LogP contribution in [0.1, 0.15) is 37.7 Å². The Balaban J connectivity index is 1.65. The number of hydrogen-bond acceptors (Lipinski definition) is 2. The molecule has 0 aromatic heterocycles. The van der Waals surface area contributed by atoms with Gasteiger partial charge in [-0.3, -0.25) is 4.79 Å². The summed E-state index contributed by atoms with van der Waals surface area (Å²) in [6, 6.07) is 12.3. The third kappa shape index (κ3) is 3.41. The van der Waals surface area contributed by atoms with Crippen molar-refractivity contribution >= 4 is 16.7 Å². The zero-order chi connectivity index (χ0) is 15.4. The number of rotatable bonds is 4. The average Bonchev–Trinajstić information content (AvgIpc) is 2.59. The van der Waals surface area contributed by atoms with Crippen molar-refractivity contribution in [1.82, 2.24) is 5.32 Å². The molecule has 1 fully saturated rings. The monoisotopic (exact) mass is 297 g/mol. The highest BCUT2D eigenvalue weighted by atomic mass is 16.5. The molecule has 1 N–H and O–H groups in total. The third-order valence-electron chi connectivity index (χ3n) is 4.55. The molecule has 2 aromatic carbocycles. The molecule has 116 valence electrons. The van der Waals surface area contributed by atoms with E-state index in [0.29, 0.717) is 6.54 Å². The summed E-state index contributed by atoms with van der Waals surface area (Å²) < 4.78 is 5.24. The van der Waals surface area contributed by atoms with E-state index in [4.69, 9.17) is 4.74 Å². The van der Waals surface area contributed by atoms with Crippen LogP contribution in [-0.2, 0) is 11.3 Å². The van der Waals surface area contributed by atoms with Gasteiger partial charge in [-0.25, -0.2) is 0 Å². The summed E-state index contributed by atoms with van der Waals surface area (Å²) in [6.07, 6.45) is 5.75. The van der Waals surface area contributed by atoms with Crippen molar-refractivity contribution in [2.45, 2.75) is 38.6 Å². The molecule has 3 nitrogen and oxygen atoms in total. The molecule has 22 heavy (non-hydrogen) atoms. The van der Waals surface area contributed by atoms with Gasteiger partial charge in [0.1, 0.15) is 5.75 Å². The van der Waals surface area contributed by atoms with E-state index in [1.165, 1.54) is 24.6 Å². The summed E-state index contributed by atoms with van der Waals surface area (Å²) in [4.78, 5) is 12.2. The van der Waals surface area contributed by atoms with E-state index in [-0.39, 0.29) is 11.8 Å². The zero-order valence-corrected chi connectivity index (χ0v) is 13.1. The molecule has 0 heterocycles. The van der Waals surface area contributed by atoms with Crippen molar-refractivity contribution in [2.75, 3.05) is 7.11 Å². The molecular formula is C19H23NO2. The van der Waals surface area contributed by atoms with Crippen LogP contribution in [0.15, 0.2) is 36.4 Å². The molecule has 1 saturated carbocycles. The van der Waals surface area contributed by atoms with Crippen molar-refractivity contribution in [3.63, 3.8) is 0 Å². The first-order valence-electron chi connectivity index (χ1n) is 8.10. The highest BCUT2D eigenvalue weighted by Crippen LogP contribution is 2.24. The summed E-state index contributed by atoms with van der Waals surface area (Å²) in [7, 11) is 1.68. The predicted molar refractivity (Wildman–Crippen MR) is 88.9 cm³/mol. The number of nitrogens with one attached hydrogen (secondary N) is 1. The lowest BCUT2D eigenvalue weighted by atomic mass is 9.88. The third-order valence-corrected chi connectivity index (χ3v) is 4.55. The zero-order valence-electron chi connectivity index (χ0n) is 13.1. The quantitative estimate of drug-likeness (QED) is 0.924. The number of fused-ring (bicyclic) bond motifs is 1. The second kappa shape index (κ2) is 6.82. The maximum atomic E-state index is 12.2. The maximum Gasteiger partial charge on any atom is 0.223 e. The minimum Gasteiger partial charge on any atom is -0.497 e. The van der Waals surface area contributed by atoms with Crippen LogP contribution in [0.3, 0.4) is 0 Å². The van der Waals surface area contributed by atoms with Crippen molar-refractivity contribution in [1.29, 1.82) is 0 Å². The number of ether oxygens (including phenoxy) is 1. The molecule has 0 unspecified atom stereocenters. The summed E-state index contributed by atoms with van der Waals surface area (Å²) >= 11 is 0. The van der Waals surface area contributed by atoms with E-state index >= 15 is 0 Å². The summed E-state index contributed by atoms with van der Waals surface area (Å²) in [5.74, 6) is 1.30. The van der Waals surface area contributed by atoms with E-state index in [9.17, 15) is 4.79 Å². The van der Waals surface area contributed by atoms with E-state index in [1.807, 2.05) is 12.1 Å². The van der Waals surface area contributed by atoms with Crippen molar-refractivity contribution in [3.8, 4) is 5.75 Å². The maximum absolute atomic E-state index is 12.2. The number of methoxy groups -OCH3 is 1. The van der Waals surface area contributed by atoms with Crippen molar-refractivity contribution < 1.29 is 9.53 Å². The molecule has 0 bridgehead atoms. The van der Waals surface area contributed by atoms with Gasteiger partial charge in [0.05, 0.1) is 7.11 Å². The van der Waals surface area contributed by atoms with Crippen molar-refractivity contribution in [3.05, 3.63) is 42.0 Å². The molecule has 0 aliphatic heterocycles. The smallest absolute Gasteiger partial charge is 0.223 e. The van der Waals surface area contributed by atoms with Crippen LogP contribution in [0.5, 0.6) is 5.75 Å². The van der Waals surface area contributed by atoms with Gasteiger partial charge in [0, 0.05) is 12.5 Å². The number of carbonyl (C=O) groups is 1. The lowest BCUT2D eigenvalue weighted by Gasteiger charge is -2.20. The number of benzene rings is 2. The first-order chi connectivity index (χ1) is 10.8. The van der Waals surface area contributed by atoms with Crippen LogP contribution >= 0.6 is 0 Å². The van der Waals surface area contributed by atoms with Gasteiger partial charge >= 0.3 is 0 Å². The highest BCUT2D eigenvalue weighted by molar-refractivity contribution is 5.84. The standard InChI is InChI=1S/C19H23NO2/c1-22-18-10-9-16-11-14(7-8-17(16)12-18)13-20-19(21)15-5-3-2-4-6-15/h7-12,15H,2-6,13H2,1H3,(H,20,21). The Morgan fingerprint density at radius 3 is 2.59 bits per heavy atom. The SMILES string of the molecule is COc1ccc2cc(CNC(=O)C3CCCCC3)ccc2c1. The minimum absolute atomic E-state index is 0.217. The van der Waals surface area contributed by atoms with Gasteiger partial charge in [0.25, 0.3) is 0 Å².